The Hall–Kier alpha value is -2.32. The smallest absolute Gasteiger partial charge is 0.465 e. The number of amides is 1. The Balaban J connectivity index is 1.81. The lowest BCUT2D eigenvalue weighted by Crippen LogP contribution is -2.44. The van der Waals surface area contributed by atoms with E-state index in [4.69, 9.17) is 9.31 Å². The van der Waals surface area contributed by atoms with Crippen LogP contribution in [0.25, 0.3) is 11.3 Å². The normalized spacial score (nSPS) is 18.1. The zero-order valence-electron chi connectivity index (χ0n) is 18.2. The van der Waals surface area contributed by atoms with Crippen LogP contribution in [0.4, 0.5) is 4.79 Å². The molecule has 1 aliphatic rings. The summed E-state index contributed by atoms with van der Waals surface area (Å²) in [6.45, 7) is 13.9. The van der Waals surface area contributed by atoms with Crippen LogP contribution in [0.3, 0.4) is 0 Å². The quantitative estimate of drug-likeness (QED) is 0.767. The van der Waals surface area contributed by atoms with Gasteiger partial charge >= 0.3 is 13.2 Å². The topological polar surface area (TPSA) is 87.7 Å². The molecule has 7 nitrogen and oxygen atoms in total. The van der Waals surface area contributed by atoms with E-state index in [0.717, 1.165) is 16.7 Å². The van der Waals surface area contributed by atoms with E-state index in [9.17, 15) is 9.90 Å². The van der Waals surface area contributed by atoms with Crippen LogP contribution in [0.5, 0.6) is 0 Å². The number of H-pyrrole nitrogens is 1. The molecule has 8 heteroatoms. The van der Waals surface area contributed by atoms with Crippen molar-refractivity contribution in [1.29, 1.82) is 0 Å². The third kappa shape index (κ3) is 4.33. The lowest BCUT2D eigenvalue weighted by molar-refractivity contribution is 0.00578. The molecule has 0 atom stereocenters. The first-order valence-corrected chi connectivity index (χ1v) is 9.80. The fraction of sp³-hybridized carbons (Fsp3) is 0.524. The molecule has 0 bridgehead atoms. The maximum Gasteiger partial charge on any atom is 0.494 e. The molecule has 2 heterocycles. The van der Waals surface area contributed by atoms with Crippen LogP contribution < -0.4 is 5.46 Å². The van der Waals surface area contributed by atoms with E-state index in [1.807, 2.05) is 72.7 Å². The molecule has 156 valence electrons. The molecule has 2 N–H and O–H groups in total. The molecule has 2 aromatic rings. The highest BCUT2D eigenvalue weighted by atomic mass is 16.7. The largest absolute Gasteiger partial charge is 0.494 e. The number of hydrogen-bond donors (Lipinski definition) is 2. The third-order valence-corrected chi connectivity index (χ3v) is 5.70. The Kier molecular flexibility index (Phi) is 5.30. The van der Waals surface area contributed by atoms with Crippen molar-refractivity contribution in [3.8, 4) is 11.3 Å². The zero-order chi connectivity index (χ0) is 21.6. The zero-order valence-corrected chi connectivity index (χ0v) is 18.2. The second-order valence-electron chi connectivity index (χ2n) is 9.50. The molecule has 29 heavy (non-hydrogen) atoms. The SMILES string of the molecule is CC(C)(C)N(Cc1ncc(-c2cccc(B3OC(C)(C)C(C)(C)O3)c2)[nH]1)C(=O)O. The minimum absolute atomic E-state index is 0.190. The highest BCUT2D eigenvalue weighted by Crippen LogP contribution is 2.36. The first-order valence-electron chi connectivity index (χ1n) is 9.80. The minimum atomic E-state index is -0.974. The summed E-state index contributed by atoms with van der Waals surface area (Å²) in [5, 5.41) is 9.49. The second kappa shape index (κ2) is 7.18. The predicted octanol–water partition coefficient (Wildman–Crippen LogP) is 3.65. The molecular weight excluding hydrogens is 369 g/mol. The van der Waals surface area contributed by atoms with Gasteiger partial charge in [0.2, 0.25) is 0 Å². The van der Waals surface area contributed by atoms with Gasteiger partial charge in [0.05, 0.1) is 29.6 Å². The number of benzene rings is 1. The monoisotopic (exact) mass is 399 g/mol. The second-order valence-corrected chi connectivity index (χ2v) is 9.50. The van der Waals surface area contributed by atoms with Gasteiger partial charge in [-0.1, -0.05) is 24.3 Å². The Morgan fingerprint density at radius 1 is 1.21 bits per heavy atom. The fourth-order valence-electron chi connectivity index (χ4n) is 3.16. The van der Waals surface area contributed by atoms with Crippen molar-refractivity contribution in [3.05, 3.63) is 36.3 Å². The van der Waals surface area contributed by atoms with Gasteiger partial charge < -0.3 is 19.4 Å². The maximum absolute atomic E-state index is 11.6. The summed E-state index contributed by atoms with van der Waals surface area (Å²) >= 11 is 0. The van der Waals surface area contributed by atoms with E-state index in [1.54, 1.807) is 6.20 Å². The van der Waals surface area contributed by atoms with Crippen molar-refractivity contribution >= 4 is 18.7 Å². The van der Waals surface area contributed by atoms with E-state index < -0.39 is 30.0 Å². The van der Waals surface area contributed by atoms with Crippen LogP contribution in [0.15, 0.2) is 30.5 Å². The Morgan fingerprint density at radius 2 is 1.83 bits per heavy atom. The summed E-state index contributed by atoms with van der Waals surface area (Å²) in [5.41, 5.74) is 1.37. The van der Waals surface area contributed by atoms with Gasteiger partial charge in [0.1, 0.15) is 5.82 Å². The molecule has 1 aromatic heterocycles. The number of imidazole rings is 1. The molecular formula is C21H30BN3O4. The van der Waals surface area contributed by atoms with Crippen molar-refractivity contribution < 1.29 is 19.2 Å². The standard InChI is InChI=1S/C21H30BN3O4/c1-19(2,3)25(18(26)27)13-17-23-12-16(24-17)14-9-8-10-15(11-14)22-28-20(4,5)21(6,7)29-22/h8-12H,13H2,1-7H3,(H,23,24)(H,26,27). The molecule has 1 fully saturated rings. The van der Waals surface area contributed by atoms with Gasteiger partial charge in [0.15, 0.2) is 0 Å². The van der Waals surface area contributed by atoms with E-state index in [-0.39, 0.29) is 6.54 Å². The number of carboxylic acid groups (broad SMARTS) is 1. The van der Waals surface area contributed by atoms with Crippen molar-refractivity contribution in [2.45, 2.75) is 71.8 Å². The first kappa shape index (κ1) is 21.4. The molecule has 1 aromatic carbocycles. The van der Waals surface area contributed by atoms with Gasteiger partial charge in [0, 0.05) is 5.54 Å². The number of hydrogen-bond acceptors (Lipinski definition) is 4. The lowest BCUT2D eigenvalue weighted by Gasteiger charge is -2.32. The van der Waals surface area contributed by atoms with E-state index in [1.165, 1.54) is 4.90 Å². The van der Waals surface area contributed by atoms with Gasteiger partial charge in [-0.2, -0.15) is 0 Å². The minimum Gasteiger partial charge on any atom is -0.465 e. The van der Waals surface area contributed by atoms with Crippen LogP contribution in [-0.2, 0) is 15.9 Å². The Bertz CT molecular complexity index is 885. The predicted molar refractivity (Wildman–Crippen MR) is 113 cm³/mol. The van der Waals surface area contributed by atoms with Gasteiger partial charge in [0.25, 0.3) is 0 Å². The summed E-state index contributed by atoms with van der Waals surface area (Å²) in [4.78, 5) is 20.6. The van der Waals surface area contributed by atoms with E-state index >= 15 is 0 Å². The molecule has 0 aliphatic carbocycles. The van der Waals surface area contributed by atoms with Gasteiger partial charge in [-0.15, -0.1) is 0 Å². The van der Waals surface area contributed by atoms with Crippen molar-refractivity contribution in [2.75, 3.05) is 0 Å². The molecule has 1 amide bonds. The average molecular weight is 399 g/mol. The van der Waals surface area contributed by atoms with Gasteiger partial charge in [-0.3, -0.25) is 4.90 Å². The highest BCUT2D eigenvalue weighted by molar-refractivity contribution is 6.62. The fourth-order valence-corrected chi connectivity index (χ4v) is 3.16. The van der Waals surface area contributed by atoms with Crippen LogP contribution >= 0.6 is 0 Å². The van der Waals surface area contributed by atoms with Crippen molar-refractivity contribution in [2.24, 2.45) is 0 Å². The molecule has 1 aliphatic heterocycles. The van der Waals surface area contributed by atoms with Crippen LogP contribution in [-0.4, -0.2) is 49.9 Å². The summed E-state index contributed by atoms with van der Waals surface area (Å²) < 4.78 is 12.3. The van der Waals surface area contributed by atoms with Crippen LogP contribution in [0, 0.1) is 0 Å². The van der Waals surface area contributed by atoms with Crippen LogP contribution in [0.1, 0.15) is 54.3 Å². The number of aromatic amines is 1. The number of rotatable bonds is 4. The van der Waals surface area contributed by atoms with E-state index in [0.29, 0.717) is 5.82 Å². The van der Waals surface area contributed by atoms with Gasteiger partial charge in [-0.25, -0.2) is 9.78 Å². The number of carbonyl (C=O) groups is 1. The number of nitrogens with one attached hydrogen (secondary N) is 1. The van der Waals surface area contributed by atoms with Gasteiger partial charge in [-0.05, 0) is 59.5 Å². The van der Waals surface area contributed by atoms with Crippen molar-refractivity contribution in [3.63, 3.8) is 0 Å². The number of aromatic nitrogens is 2. The molecule has 1 saturated heterocycles. The summed E-state index contributed by atoms with van der Waals surface area (Å²) in [7, 11) is -0.439. The first-order chi connectivity index (χ1) is 13.3. The lowest BCUT2D eigenvalue weighted by atomic mass is 9.78. The Morgan fingerprint density at radius 3 is 2.38 bits per heavy atom. The van der Waals surface area contributed by atoms with Crippen LogP contribution in [0.2, 0.25) is 0 Å². The van der Waals surface area contributed by atoms with Crippen molar-refractivity contribution in [1.82, 2.24) is 14.9 Å². The Labute approximate surface area is 172 Å². The third-order valence-electron chi connectivity index (χ3n) is 5.70. The summed E-state index contributed by atoms with van der Waals surface area (Å²) in [6, 6.07) is 7.92. The summed E-state index contributed by atoms with van der Waals surface area (Å²) in [5.74, 6) is 0.596. The highest BCUT2D eigenvalue weighted by Gasteiger charge is 2.51. The molecule has 0 saturated carbocycles. The molecule has 0 spiro atoms. The molecule has 0 unspecified atom stereocenters. The average Bonchev–Trinajstić information content (AvgIpc) is 3.14. The molecule has 3 rings (SSSR count). The number of nitrogens with zero attached hydrogens (tertiary/aromatic N) is 2. The summed E-state index contributed by atoms with van der Waals surface area (Å²) in [6.07, 6.45) is 0.750. The van der Waals surface area contributed by atoms with E-state index in [2.05, 4.69) is 9.97 Å². The maximum atomic E-state index is 11.6. The molecule has 0 radical (unpaired) electrons.